The average molecular weight is 673 g/mol. The molecule has 2 radical (unpaired) electrons. The number of aromatic nitrogens is 5. The number of methoxy groups -OCH3 is 1. The minimum atomic E-state index is -1.17. The molecule has 258 valence electrons. The number of cyclic esters (lactones) is 1. The van der Waals surface area contributed by atoms with Gasteiger partial charge in [0.15, 0.2) is 10.6 Å². The van der Waals surface area contributed by atoms with Gasteiger partial charge in [-0.15, -0.1) is 15.3 Å². The molecule has 2 fully saturated rings. The standard InChI is InChI=1S/C31H49BN8O6S/c1-9-22-31(7)25(40(29(43)46-31)13-11-10-12-39-16-21(35-38-39)26-36-37-28(33)47-26)20(5)34-15-17(2)14-30(6,44-8)24(32)18(3)23(41)19(4)27(42)45-22/h16-20,22,24-25,34H,9-15H2,1-8H3,(H2,33,37)/t17-,18+,19-,20-,22-,24-,25-,30-,31-/m1/s1. The number of amides is 1. The number of carbonyl (C=O) groups is 3. The van der Waals surface area contributed by atoms with Gasteiger partial charge >= 0.3 is 12.1 Å². The van der Waals surface area contributed by atoms with Gasteiger partial charge in [0.2, 0.25) is 5.13 Å². The van der Waals surface area contributed by atoms with E-state index >= 15 is 0 Å². The molecule has 4 rings (SSSR count). The number of nitrogen functional groups attached to an aromatic ring is 1. The minimum absolute atomic E-state index is 0.111. The summed E-state index contributed by atoms with van der Waals surface area (Å²) in [5.41, 5.74) is 4.31. The molecule has 4 heterocycles. The molecule has 14 nitrogen and oxygen atoms in total. The van der Waals surface area contributed by atoms with Gasteiger partial charge in [-0.2, -0.15) is 0 Å². The highest BCUT2D eigenvalue weighted by Crippen LogP contribution is 2.40. The maximum Gasteiger partial charge on any atom is 0.410 e. The Kier molecular flexibility index (Phi) is 11.7. The van der Waals surface area contributed by atoms with Gasteiger partial charge < -0.3 is 25.3 Å². The SMILES string of the molecule is [B][C@@H]1[C@@H](C)C(=O)[C@@H](C)C(=O)O[C@H](CC)[C@@]2(C)OC(=O)N(CCCCn3cc(-c4nnc(N)s4)nn3)[C@@H]2[C@@H](C)NC[C@H](C)C[C@@]1(C)OC. The van der Waals surface area contributed by atoms with Gasteiger partial charge in [0.25, 0.3) is 0 Å². The molecule has 16 heteroatoms. The first kappa shape index (κ1) is 36.7. The van der Waals surface area contributed by atoms with Crippen molar-refractivity contribution in [3.63, 3.8) is 0 Å². The van der Waals surface area contributed by atoms with Crippen LogP contribution in [0.5, 0.6) is 0 Å². The van der Waals surface area contributed by atoms with Crippen LogP contribution in [-0.2, 0) is 30.3 Å². The van der Waals surface area contributed by atoms with Crippen LogP contribution in [0, 0.1) is 17.8 Å². The molecule has 47 heavy (non-hydrogen) atoms. The predicted octanol–water partition coefficient (Wildman–Crippen LogP) is 3.28. The molecule has 0 aromatic carbocycles. The summed E-state index contributed by atoms with van der Waals surface area (Å²) in [5, 5.41) is 20.8. The summed E-state index contributed by atoms with van der Waals surface area (Å²) in [6.07, 6.45) is 2.88. The van der Waals surface area contributed by atoms with Crippen molar-refractivity contribution < 1.29 is 28.6 Å². The number of carbonyl (C=O) groups excluding carboxylic acids is 3. The number of fused-ring (bicyclic) bond motifs is 1. The van der Waals surface area contributed by atoms with Crippen molar-refractivity contribution in [2.45, 2.75) is 116 Å². The molecule has 9 atom stereocenters. The second-order valence-electron chi connectivity index (χ2n) is 13.5. The molecule has 0 aliphatic carbocycles. The van der Waals surface area contributed by atoms with E-state index in [1.54, 1.807) is 36.7 Å². The molecule has 2 aliphatic rings. The van der Waals surface area contributed by atoms with Crippen molar-refractivity contribution >= 4 is 42.2 Å². The smallest absolute Gasteiger partial charge is 0.410 e. The van der Waals surface area contributed by atoms with Crippen LogP contribution in [0.25, 0.3) is 10.7 Å². The molecule has 2 aromatic heterocycles. The number of rotatable bonds is 8. The van der Waals surface area contributed by atoms with Gasteiger partial charge in [0.05, 0.1) is 25.7 Å². The van der Waals surface area contributed by atoms with Crippen LogP contribution in [0.4, 0.5) is 9.93 Å². The second kappa shape index (κ2) is 15.0. The number of nitrogens with one attached hydrogen (secondary N) is 1. The van der Waals surface area contributed by atoms with E-state index in [9.17, 15) is 14.4 Å². The fourth-order valence-corrected chi connectivity index (χ4v) is 7.62. The van der Waals surface area contributed by atoms with Crippen LogP contribution < -0.4 is 11.1 Å². The third kappa shape index (κ3) is 7.80. The van der Waals surface area contributed by atoms with Crippen LogP contribution in [0.2, 0.25) is 5.82 Å². The zero-order valence-corrected chi connectivity index (χ0v) is 29.6. The van der Waals surface area contributed by atoms with E-state index < -0.39 is 53.1 Å². The third-order valence-electron chi connectivity index (χ3n) is 9.92. The van der Waals surface area contributed by atoms with Crippen LogP contribution in [0.1, 0.15) is 74.1 Å². The van der Waals surface area contributed by atoms with Crippen molar-refractivity contribution in [2.75, 3.05) is 25.9 Å². The van der Waals surface area contributed by atoms with Gasteiger partial charge in [-0.1, -0.05) is 37.3 Å². The number of hydrogen-bond donors (Lipinski definition) is 2. The van der Waals surface area contributed by atoms with Gasteiger partial charge in [-0.3, -0.25) is 19.2 Å². The normalized spacial score (nSPS) is 34.3. The molecule has 0 unspecified atom stereocenters. The van der Waals surface area contributed by atoms with Gasteiger partial charge in [-0.25, -0.2) is 4.79 Å². The van der Waals surface area contributed by atoms with Gasteiger partial charge in [0, 0.05) is 32.2 Å². The molecule has 2 aromatic rings. The summed E-state index contributed by atoms with van der Waals surface area (Å²) in [4.78, 5) is 42.2. The van der Waals surface area contributed by atoms with Crippen molar-refractivity contribution in [1.29, 1.82) is 0 Å². The summed E-state index contributed by atoms with van der Waals surface area (Å²) in [7, 11) is 8.24. The van der Waals surface area contributed by atoms with Gasteiger partial charge in [0.1, 0.15) is 23.5 Å². The number of nitrogens with two attached hydrogens (primary N) is 1. The number of ketones is 1. The Balaban J connectivity index is 1.54. The van der Waals surface area contributed by atoms with E-state index in [2.05, 4.69) is 32.7 Å². The zero-order valence-electron chi connectivity index (χ0n) is 28.8. The highest BCUT2D eigenvalue weighted by molar-refractivity contribution is 7.18. The monoisotopic (exact) mass is 672 g/mol. The fraction of sp³-hybridized carbons (Fsp3) is 0.774. The molecular weight excluding hydrogens is 623 g/mol. The first-order valence-electron chi connectivity index (χ1n) is 16.4. The number of unbranched alkanes of at least 4 members (excludes halogenated alkanes) is 1. The summed E-state index contributed by atoms with van der Waals surface area (Å²) >= 11 is 1.24. The number of ether oxygens (including phenoxy) is 3. The molecule has 3 N–H and O–H groups in total. The largest absolute Gasteiger partial charge is 0.458 e. The number of anilines is 1. The lowest BCUT2D eigenvalue weighted by Gasteiger charge is -2.41. The summed E-state index contributed by atoms with van der Waals surface area (Å²) < 4.78 is 19.8. The van der Waals surface area contributed by atoms with Crippen LogP contribution >= 0.6 is 11.3 Å². The van der Waals surface area contributed by atoms with Crippen molar-refractivity contribution in [2.24, 2.45) is 17.8 Å². The number of Topliss-reactive ketones (excluding diaryl/α,β-unsaturated/α-hetero) is 1. The number of hydrogen-bond acceptors (Lipinski definition) is 13. The molecule has 0 bridgehead atoms. The molecule has 1 amide bonds. The predicted molar refractivity (Wildman–Crippen MR) is 178 cm³/mol. The molecule has 2 saturated heterocycles. The highest BCUT2D eigenvalue weighted by atomic mass is 32.1. The number of nitrogens with zero attached hydrogens (tertiary/aromatic N) is 6. The Hall–Kier alpha value is -3.11. The Labute approximate surface area is 282 Å². The fourth-order valence-electron chi connectivity index (χ4n) is 7.07. The maximum atomic E-state index is 13.5. The lowest BCUT2D eigenvalue weighted by atomic mass is 9.62. The summed E-state index contributed by atoms with van der Waals surface area (Å²) in [6, 6.07) is -0.698. The Morgan fingerprint density at radius 3 is 2.47 bits per heavy atom. The van der Waals surface area contributed by atoms with Crippen LogP contribution in [0.15, 0.2) is 6.20 Å². The average Bonchev–Trinajstić information content (AvgIpc) is 3.76. The van der Waals surface area contributed by atoms with E-state index in [-0.39, 0.29) is 17.7 Å². The Bertz CT molecular complexity index is 1410. The molecular formula is C31H49BN8O6S. The second-order valence-corrected chi connectivity index (χ2v) is 14.5. The summed E-state index contributed by atoms with van der Waals surface area (Å²) in [6.45, 7) is 14.6. The number of aryl methyl sites for hydroxylation is 1. The van der Waals surface area contributed by atoms with Crippen molar-refractivity contribution in [1.82, 2.24) is 35.4 Å². The Morgan fingerprint density at radius 1 is 1.13 bits per heavy atom. The third-order valence-corrected chi connectivity index (χ3v) is 10.7. The molecule has 0 spiro atoms. The molecule has 0 saturated carbocycles. The Morgan fingerprint density at radius 2 is 1.83 bits per heavy atom. The summed E-state index contributed by atoms with van der Waals surface area (Å²) in [5.74, 6) is -3.21. The highest BCUT2D eigenvalue weighted by Gasteiger charge is 2.58. The topological polar surface area (TPSA) is 177 Å². The first-order chi connectivity index (χ1) is 22.1. The minimum Gasteiger partial charge on any atom is -0.458 e. The van der Waals surface area contributed by atoms with E-state index in [1.165, 1.54) is 11.3 Å². The van der Waals surface area contributed by atoms with Crippen LogP contribution in [0.3, 0.4) is 0 Å². The van der Waals surface area contributed by atoms with E-state index in [0.29, 0.717) is 61.2 Å². The van der Waals surface area contributed by atoms with Gasteiger partial charge in [-0.05, 0) is 71.7 Å². The lowest BCUT2D eigenvalue weighted by Crippen LogP contribution is -2.61. The van der Waals surface area contributed by atoms with Crippen LogP contribution in [-0.4, -0.2) is 105 Å². The quantitative estimate of drug-likeness (QED) is 0.181. The zero-order chi connectivity index (χ0) is 34.7. The lowest BCUT2D eigenvalue weighted by molar-refractivity contribution is -0.170. The van der Waals surface area contributed by atoms with Crippen molar-refractivity contribution in [3.8, 4) is 10.7 Å². The van der Waals surface area contributed by atoms with E-state index in [0.717, 1.165) is 0 Å². The maximum absolute atomic E-state index is 13.5. The number of esters is 1. The van der Waals surface area contributed by atoms with E-state index in [1.807, 2.05) is 27.7 Å². The molecule has 2 aliphatic heterocycles. The van der Waals surface area contributed by atoms with Crippen molar-refractivity contribution in [3.05, 3.63) is 6.20 Å². The first-order valence-corrected chi connectivity index (χ1v) is 17.2. The van der Waals surface area contributed by atoms with E-state index in [4.69, 9.17) is 27.8 Å².